The molecule has 5 heteroatoms. The Morgan fingerprint density at radius 3 is 3.12 bits per heavy atom. The molecule has 2 aromatic heterocycles. The summed E-state index contributed by atoms with van der Waals surface area (Å²) < 4.78 is 1.80. The van der Waals surface area contributed by atoms with Crippen LogP contribution >= 0.6 is 11.3 Å². The van der Waals surface area contributed by atoms with Gasteiger partial charge in [0.1, 0.15) is 0 Å². The molecule has 0 spiro atoms. The maximum atomic E-state index is 11.5. The van der Waals surface area contributed by atoms with Crippen molar-refractivity contribution in [3.05, 3.63) is 40.8 Å². The second-order valence-corrected chi connectivity index (χ2v) is 4.41. The first-order valence-corrected chi connectivity index (χ1v) is 5.99. The molecule has 84 valence electrons. The molecule has 0 atom stereocenters. The van der Waals surface area contributed by atoms with Gasteiger partial charge in [0.15, 0.2) is 0 Å². The highest BCUT2D eigenvalue weighted by molar-refractivity contribution is 7.10. The summed E-state index contributed by atoms with van der Waals surface area (Å²) in [7, 11) is 0. The molecule has 0 aliphatic heterocycles. The summed E-state index contributed by atoms with van der Waals surface area (Å²) in [6.45, 7) is 1.33. The van der Waals surface area contributed by atoms with E-state index >= 15 is 0 Å². The van der Waals surface area contributed by atoms with Crippen LogP contribution in [0, 0.1) is 0 Å². The van der Waals surface area contributed by atoms with Gasteiger partial charge in [0, 0.05) is 23.8 Å². The highest BCUT2D eigenvalue weighted by Crippen LogP contribution is 2.08. The van der Waals surface area contributed by atoms with Crippen LogP contribution in [-0.4, -0.2) is 22.2 Å². The van der Waals surface area contributed by atoms with Crippen LogP contribution in [0.2, 0.25) is 0 Å². The van der Waals surface area contributed by atoms with Crippen LogP contribution in [-0.2, 0) is 17.8 Å². The molecule has 1 N–H and O–H groups in total. The maximum Gasteiger partial charge on any atom is 0.225 e. The van der Waals surface area contributed by atoms with Gasteiger partial charge in [0.05, 0.1) is 13.0 Å². The summed E-state index contributed by atoms with van der Waals surface area (Å²) in [5, 5.41) is 8.90. The second kappa shape index (κ2) is 5.46. The fourth-order valence-corrected chi connectivity index (χ4v) is 2.08. The van der Waals surface area contributed by atoms with E-state index in [0.29, 0.717) is 19.5 Å². The third-order valence-electron chi connectivity index (χ3n) is 2.14. The number of hydrogen-bond donors (Lipinski definition) is 1. The van der Waals surface area contributed by atoms with Crippen LogP contribution in [0.4, 0.5) is 0 Å². The normalized spacial score (nSPS) is 10.2. The molecule has 2 heterocycles. The SMILES string of the molecule is O=C(Cc1cccs1)NCCn1cccn1. The van der Waals surface area contributed by atoms with E-state index in [9.17, 15) is 4.79 Å². The van der Waals surface area contributed by atoms with Gasteiger partial charge in [0.2, 0.25) is 5.91 Å². The quantitative estimate of drug-likeness (QED) is 0.849. The van der Waals surface area contributed by atoms with Crippen LogP contribution < -0.4 is 5.32 Å². The standard InChI is InChI=1S/C11H13N3OS/c15-11(9-10-3-1-8-16-10)12-5-7-14-6-2-4-13-14/h1-4,6,8H,5,7,9H2,(H,12,15). The predicted octanol–water partition coefficient (Wildman–Crippen LogP) is 1.30. The van der Waals surface area contributed by atoms with Gasteiger partial charge in [-0.05, 0) is 17.5 Å². The van der Waals surface area contributed by atoms with Gasteiger partial charge >= 0.3 is 0 Å². The lowest BCUT2D eigenvalue weighted by Crippen LogP contribution is -2.28. The van der Waals surface area contributed by atoms with Gasteiger partial charge in [-0.3, -0.25) is 9.48 Å². The molecule has 16 heavy (non-hydrogen) atoms. The van der Waals surface area contributed by atoms with Crippen molar-refractivity contribution in [2.75, 3.05) is 6.54 Å². The molecule has 0 saturated carbocycles. The third-order valence-corrected chi connectivity index (χ3v) is 3.01. The average molecular weight is 235 g/mol. The molecular weight excluding hydrogens is 222 g/mol. The summed E-state index contributed by atoms with van der Waals surface area (Å²) in [5.74, 6) is 0.0645. The van der Waals surface area contributed by atoms with Crippen LogP contribution in [0.5, 0.6) is 0 Å². The Balaban J connectivity index is 1.68. The van der Waals surface area contributed by atoms with Crippen molar-refractivity contribution in [2.24, 2.45) is 0 Å². The molecular formula is C11H13N3OS. The summed E-state index contributed by atoms with van der Waals surface area (Å²) in [4.78, 5) is 12.6. The Hall–Kier alpha value is -1.62. The number of thiophene rings is 1. The monoisotopic (exact) mass is 235 g/mol. The number of carbonyl (C=O) groups excluding carboxylic acids is 1. The van der Waals surface area contributed by atoms with E-state index in [-0.39, 0.29) is 5.91 Å². The molecule has 4 nitrogen and oxygen atoms in total. The minimum absolute atomic E-state index is 0.0645. The third kappa shape index (κ3) is 3.20. The molecule has 0 aromatic carbocycles. The Morgan fingerprint density at radius 1 is 1.50 bits per heavy atom. The fraction of sp³-hybridized carbons (Fsp3) is 0.273. The zero-order chi connectivity index (χ0) is 11.2. The maximum absolute atomic E-state index is 11.5. The zero-order valence-electron chi connectivity index (χ0n) is 8.80. The highest BCUT2D eigenvalue weighted by atomic mass is 32.1. The lowest BCUT2D eigenvalue weighted by Gasteiger charge is -2.04. The van der Waals surface area contributed by atoms with Gasteiger partial charge < -0.3 is 5.32 Å². The summed E-state index contributed by atoms with van der Waals surface area (Å²) in [5.41, 5.74) is 0. The molecule has 0 saturated heterocycles. The number of nitrogens with zero attached hydrogens (tertiary/aromatic N) is 2. The van der Waals surface area contributed by atoms with Gasteiger partial charge in [-0.15, -0.1) is 11.3 Å². The number of rotatable bonds is 5. The Morgan fingerprint density at radius 2 is 2.44 bits per heavy atom. The van der Waals surface area contributed by atoms with Crippen LogP contribution in [0.25, 0.3) is 0 Å². The van der Waals surface area contributed by atoms with E-state index < -0.39 is 0 Å². The number of amides is 1. The summed E-state index contributed by atoms with van der Waals surface area (Å²) in [6, 6.07) is 5.79. The number of carbonyl (C=O) groups is 1. The molecule has 0 fully saturated rings. The highest BCUT2D eigenvalue weighted by Gasteiger charge is 2.03. The van der Waals surface area contributed by atoms with E-state index in [4.69, 9.17) is 0 Å². The van der Waals surface area contributed by atoms with E-state index in [1.165, 1.54) is 0 Å². The van der Waals surface area contributed by atoms with Crippen molar-refractivity contribution in [1.82, 2.24) is 15.1 Å². The average Bonchev–Trinajstić information content (AvgIpc) is 2.90. The lowest BCUT2D eigenvalue weighted by molar-refractivity contribution is -0.120. The Labute approximate surface area is 97.9 Å². The first-order chi connectivity index (χ1) is 7.84. The van der Waals surface area contributed by atoms with Crippen LogP contribution in [0.1, 0.15) is 4.88 Å². The molecule has 0 aliphatic rings. The van der Waals surface area contributed by atoms with E-state index in [2.05, 4.69) is 10.4 Å². The van der Waals surface area contributed by atoms with E-state index in [0.717, 1.165) is 4.88 Å². The molecule has 2 rings (SSSR count). The fourth-order valence-electron chi connectivity index (χ4n) is 1.38. The molecule has 0 radical (unpaired) electrons. The molecule has 0 bridgehead atoms. The largest absolute Gasteiger partial charge is 0.354 e. The van der Waals surface area contributed by atoms with Gasteiger partial charge in [0.25, 0.3) is 0 Å². The number of aromatic nitrogens is 2. The van der Waals surface area contributed by atoms with Gasteiger partial charge in [-0.25, -0.2) is 0 Å². The number of nitrogens with one attached hydrogen (secondary N) is 1. The summed E-state index contributed by atoms with van der Waals surface area (Å²) >= 11 is 1.60. The topological polar surface area (TPSA) is 46.9 Å². The van der Waals surface area contributed by atoms with Crippen molar-refractivity contribution >= 4 is 17.2 Å². The van der Waals surface area contributed by atoms with Crippen molar-refractivity contribution in [3.63, 3.8) is 0 Å². The molecule has 1 amide bonds. The Bertz CT molecular complexity index is 422. The first-order valence-electron chi connectivity index (χ1n) is 5.11. The van der Waals surface area contributed by atoms with Crippen molar-refractivity contribution in [2.45, 2.75) is 13.0 Å². The second-order valence-electron chi connectivity index (χ2n) is 3.38. The zero-order valence-corrected chi connectivity index (χ0v) is 9.61. The lowest BCUT2D eigenvalue weighted by atomic mass is 10.3. The van der Waals surface area contributed by atoms with Gasteiger partial charge in [-0.2, -0.15) is 5.10 Å². The first kappa shape index (κ1) is 10.9. The predicted molar refractivity (Wildman–Crippen MR) is 63.3 cm³/mol. The van der Waals surface area contributed by atoms with Crippen molar-refractivity contribution < 1.29 is 4.79 Å². The summed E-state index contributed by atoms with van der Waals surface area (Å²) in [6.07, 6.45) is 4.08. The van der Waals surface area contributed by atoms with Crippen molar-refractivity contribution in [1.29, 1.82) is 0 Å². The Kier molecular flexibility index (Phi) is 3.71. The minimum Gasteiger partial charge on any atom is -0.354 e. The van der Waals surface area contributed by atoms with E-state index in [1.54, 1.807) is 22.2 Å². The molecule has 2 aromatic rings. The van der Waals surface area contributed by atoms with Crippen LogP contribution in [0.15, 0.2) is 36.0 Å². The van der Waals surface area contributed by atoms with Crippen molar-refractivity contribution in [3.8, 4) is 0 Å². The van der Waals surface area contributed by atoms with Gasteiger partial charge in [-0.1, -0.05) is 6.07 Å². The minimum atomic E-state index is 0.0645. The number of hydrogen-bond acceptors (Lipinski definition) is 3. The molecule has 0 unspecified atom stereocenters. The molecule has 0 aliphatic carbocycles. The smallest absolute Gasteiger partial charge is 0.225 e. The van der Waals surface area contributed by atoms with Crippen LogP contribution in [0.3, 0.4) is 0 Å². The van der Waals surface area contributed by atoms with E-state index in [1.807, 2.05) is 29.8 Å².